The maximum atomic E-state index is 10.9. The molecule has 0 aromatic heterocycles. The third-order valence-electron chi connectivity index (χ3n) is 5.19. The molecule has 2 aliphatic rings. The van der Waals surface area contributed by atoms with E-state index in [1.807, 2.05) is 0 Å². The molecule has 130 valence electrons. The quantitative estimate of drug-likeness (QED) is 0.777. The van der Waals surface area contributed by atoms with Crippen LogP contribution in [0.25, 0.3) is 5.57 Å². The molecule has 24 heavy (non-hydrogen) atoms. The van der Waals surface area contributed by atoms with E-state index in [1.54, 1.807) is 0 Å². The highest BCUT2D eigenvalue weighted by atomic mass is 16.5. The normalized spacial score (nSPS) is 18.2. The van der Waals surface area contributed by atoms with Crippen molar-refractivity contribution in [3.63, 3.8) is 0 Å². The first-order valence-corrected chi connectivity index (χ1v) is 8.98. The minimum absolute atomic E-state index is 0.176. The second-order valence-corrected chi connectivity index (χ2v) is 6.98. The summed E-state index contributed by atoms with van der Waals surface area (Å²) in [5, 5.41) is 8.99. The van der Waals surface area contributed by atoms with Crippen molar-refractivity contribution < 1.29 is 14.6 Å². The average molecular weight is 329 g/mol. The van der Waals surface area contributed by atoms with Gasteiger partial charge in [-0.3, -0.25) is 9.69 Å². The van der Waals surface area contributed by atoms with Crippen molar-refractivity contribution in [1.29, 1.82) is 0 Å². The Bertz CT molecular complexity index is 644. The van der Waals surface area contributed by atoms with Gasteiger partial charge in [0, 0.05) is 19.6 Å². The lowest BCUT2D eigenvalue weighted by Gasteiger charge is -2.38. The zero-order valence-electron chi connectivity index (χ0n) is 14.7. The lowest BCUT2D eigenvalue weighted by atomic mass is 9.85. The molecule has 4 nitrogen and oxygen atoms in total. The van der Waals surface area contributed by atoms with Crippen molar-refractivity contribution in [3.05, 3.63) is 34.9 Å². The second-order valence-electron chi connectivity index (χ2n) is 6.98. The van der Waals surface area contributed by atoms with E-state index < -0.39 is 5.97 Å². The summed E-state index contributed by atoms with van der Waals surface area (Å²) in [6, 6.07) is 6.45. The van der Waals surface area contributed by atoms with Crippen LogP contribution in [0, 0.1) is 5.92 Å². The SMILES string of the molecule is CCCCOc1ccc2c(c1)CCC(CN1CC(C(=O)O)C1)=C2C. The number of nitrogens with zero attached hydrogens (tertiary/aromatic N) is 1. The highest BCUT2D eigenvalue weighted by Gasteiger charge is 2.33. The number of hydrogen-bond acceptors (Lipinski definition) is 3. The van der Waals surface area contributed by atoms with E-state index in [0.717, 1.165) is 44.6 Å². The molecular weight excluding hydrogens is 302 g/mol. The van der Waals surface area contributed by atoms with Crippen LogP contribution in [0.2, 0.25) is 0 Å². The predicted octanol–water partition coefficient (Wildman–Crippen LogP) is 3.60. The number of likely N-dealkylation sites (tertiary alicyclic amines) is 1. The molecular formula is C20H27NO3. The van der Waals surface area contributed by atoms with Gasteiger partial charge in [-0.25, -0.2) is 0 Å². The third kappa shape index (κ3) is 3.64. The Morgan fingerprint density at radius 2 is 2.12 bits per heavy atom. The molecule has 0 saturated carbocycles. The Hall–Kier alpha value is -1.81. The van der Waals surface area contributed by atoms with Crippen LogP contribution in [0.1, 0.15) is 44.2 Å². The minimum Gasteiger partial charge on any atom is -0.494 e. The maximum Gasteiger partial charge on any atom is 0.309 e. The lowest BCUT2D eigenvalue weighted by Crippen LogP contribution is -2.50. The minimum atomic E-state index is -0.665. The third-order valence-corrected chi connectivity index (χ3v) is 5.19. The van der Waals surface area contributed by atoms with Crippen molar-refractivity contribution >= 4 is 11.5 Å². The van der Waals surface area contributed by atoms with Crippen LogP contribution in [0.3, 0.4) is 0 Å². The highest BCUT2D eigenvalue weighted by molar-refractivity contribution is 5.73. The number of ether oxygens (including phenoxy) is 1. The van der Waals surface area contributed by atoms with Crippen LogP contribution in [-0.4, -0.2) is 42.2 Å². The zero-order valence-corrected chi connectivity index (χ0v) is 14.7. The van der Waals surface area contributed by atoms with E-state index in [0.29, 0.717) is 13.1 Å². The van der Waals surface area contributed by atoms with Crippen LogP contribution >= 0.6 is 0 Å². The second kappa shape index (κ2) is 7.39. The van der Waals surface area contributed by atoms with Gasteiger partial charge in [-0.15, -0.1) is 0 Å². The molecule has 1 aromatic rings. The van der Waals surface area contributed by atoms with E-state index in [4.69, 9.17) is 9.84 Å². The number of aryl methyl sites for hydroxylation is 1. The fraction of sp³-hybridized carbons (Fsp3) is 0.550. The Morgan fingerprint density at radius 1 is 1.33 bits per heavy atom. The van der Waals surface area contributed by atoms with Crippen molar-refractivity contribution in [2.24, 2.45) is 5.92 Å². The molecule has 1 saturated heterocycles. The van der Waals surface area contributed by atoms with E-state index in [2.05, 4.69) is 36.9 Å². The molecule has 0 spiro atoms. The van der Waals surface area contributed by atoms with Crippen LogP contribution in [0.4, 0.5) is 0 Å². The van der Waals surface area contributed by atoms with Gasteiger partial charge < -0.3 is 9.84 Å². The van der Waals surface area contributed by atoms with Crippen molar-refractivity contribution in [1.82, 2.24) is 4.90 Å². The first kappa shape index (κ1) is 17.0. The van der Waals surface area contributed by atoms with Gasteiger partial charge in [0.1, 0.15) is 5.75 Å². The average Bonchev–Trinajstić information content (AvgIpc) is 2.52. The molecule has 0 atom stereocenters. The number of unbranched alkanes of at least 4 members (excludes halogenated alkanes) is 1. The first-order valence-electron chi connectivity index (χ1n) is 8.98. The molecule has 3 rings (SSSR count). The summed E-state index contributed by atoms with van der Waals surface area (Å²) >= 11 is 0. The molecule has 1 fully saturated rings. The Kier molecular flexibility index (Phi) is 5.24. The summed E-state index contributed by atoms with van der Waals surface area (Å²) in [6.07, 6.45) is 4.34. The van der Waals surface area contributed by atoms with Crippen molar-refractivity contribution in [2.75, 3.05) is 26.2 Å². The lowest BCUT2D eigenvalue weighted by molar-refractivity contribution is -0.147. The summed E-state index contributed by atoms with van der Waals surface area (Å²) < 4.78 is 5.82. The summed E-state index contributed by atoms with van der Waals surface area (Å²) in [7, 11) is 0. The summed E-state index contributed by atoms with van der Waals surface area (Å²) in [6.45, 7) is 7.42. The van der Waals surface area contributed by atoms with Gasteiger partial charge in [0.05, 0.1) is 12.5 Å². The largest absolute Gasteiger partial charge is 0.494 e. The monoisotopic (exact) mass is 329 g/mol. The standard InChI is InChI=1S/C20H27NO3/c1-3-4-9-24-18-7-8-19-14(2)16(6-5-15(19)10-18)11-21-12-17(13-21)20(22)23/h7-8,10,17H,3-6,9,11-13H2,1-2H3,(H,22,23). The number of carbonyl (C=O) groups is 1. The molecule has 4 heteroatoms. The Balaban J connectivity index is 1.65. The van der Waals surface area contributed by atoms with Gasteiger partial charge in [-0.05, 0) is 55.0 Å². The number of fused-ring (bicyclic) bond motifs is 1. The molecule has 0 radical (unpaired) electrons. The highest BCUT2D eigenvalue weighted by Crippen LogP contribution is 2.34. The molecule has 0 bridgehead atoms. The van der Waals surface area contributed by atoms with Crippen LogP contribution < -0.4 is 4.74 Å². The molecule has 1 heterocycles. The molecule has 1 aromatic carbocycles. The van der Waals surface area contributed by atoms with Gasteiger partial charge in [-0.2, -0.15) is 0 Å². The van der Waals surface area contributed by atoms with Gasteiger partial charge >= 0.3 is 5.97 Å². The Morgan fingerprint density at radius 3 is 2.83 bits per heavy atom. The van der Waals surface area contributed by atoms with Crippen LogP contribution in [0.5, 0.6) is 5.75 Å². The predicted molar refractivity (Wildman–Crippen MR) is 95.3 cm³/mol. The Labute approximate surface area is 144 Å². The van der Waals surface area contributed by atoms with E-state index >= 15 is 0 Å². The summed E-state index contributed by atoms with van der Waals surface area (Å²) in [5.41, 5.74) is 5.51. The number of benzene rings is 1. The fourth-order valence-corrected chi connectivity index (χ4v) is 3.55. The van der Waals surface area contributed by atoms with Gasteiger partial charge in [0.2, 0.25) is 0 Å². The smallest absolute Gasteiger partial charge is 0.309 e. The van der Waals surface area contributed by atoms with Gasteiger partial charge in [-0.1, -0.05) is 25.0 Å². The number of carboxylic acid groups (broad SMARTS) is 1. The molecule has 1 aliphatic carbocycles. The van der Waals surface area contributed by atoms with Crippen molar-refractivity contribution in [3.8, 4) is 5.75 Å². The number of rotatable bonds is 7. The number of hydrogen-bond donors (Lipinski definition) is 1. The first-order chi connectivity index (χ1) is 11.6. The summed E-state index contributed by atoms with van der Waals surface area (Å²) in [5.74, 6) is 0.136. The van der Waals surface area contributed by atoms with E-state index in [1.165, 1.54) is 22.3 Å². The van der Waals surface area contributed by atoms with E-state index in [9.17, 15) is 4.79 Å². The maximum absolute atomic E-state index is 10.9. The fourth-order valence-electron chi connectivity index (χ4n) is 3.55. The number of allylic oxidation sites excluding steroid dienone is 1. The molecule has 1 N–H and O–H groups in total. The van der Waals surface area contributed by atoms with Crippen molar-refractivity contribution in [2.45, 2.75) is 39.5 Å². The van der Waals surface area contributed by atoms with Crippen LogP contribution in [-0.2, 0) is 11.2 Å². The van der Waals surface area contributed by atoms with Gasteiger partial charge in [0.15, 0.2) is 0 Å². The number of carboxylic acids is 1. The molecule has 0 unspecified atom stereocenters. The molecule has 1 aliphatic heterocycles. The zero-order chi connectivity index (χ0) is 17.1. The van der Waals surface area contributed by atoms with Gasteiger partial charge in [0.25, 0.3) is 0 Å². The van der Waals surface area contributed by atoms with E-state index in [-0.39, 0.29) is 5.92 Å². The molecule has 0 amide bonds. The number of aliphatic carboxylic acids is 1. The van der Waals surface area contributed by atoms with Crippen LogP contribution in [0.15, 0.2) is 23.8 Å². The summed E-state index contributed by atoms with van der Waals surface area (Å²) in [4.78, 5) is 13.2. The topological polar surface area (TPSA) is 49.8 Å².